The van der Waals surface area contributed by atoms with E-state index < -0.39 is 12.5 Å². The number of rotatable bonds is 4. The largest absolute Gasteiger partial charge is 0.312 e. The molecule has 0 aliphatic heterocycles. The number of aryl methyl sites for hydroxylation is 1. The summed E-state index contributed by atoms with van der Waals surface area (Å²) in [5.74, 6) is 0. The first-order valence-electron chi connectivity index (χ1n) is 4.65. The monoisotopic (exact) mass is 199 g/mol. The lowest BCUT2D eigenvalue weighted by Gasteiger charge is -2.16. The lowest BCUT2D eigenvalue weighted by molar-refractivity contribution is 0.102. The van der Waals surface area contributed by atoms with E-state index in [-0.39, 0.29) is 0 Å². The van der Waals surface area contributed by atoms with Crippen molar-refractivity contribution in [1.29, 1.82) is 0 Å². The molecule has 0 bridgehead atoms. The van der Waals surface area contributed by atoms with Crippen LogP contribution in [0, 0.1) is 6.92 Å². The highest BCUT2D eigenvalue weighted by Crippen LogP contribution is 2.13. The van der Waals surface area contributed by atoms with Gasteiger partial charge in [0.1, 0.15) is 0 Å². The number of benzene rings is 1. The Balaban J connectivity index is 2.72. The van der Waals surface area contributed by atoms with Gasteiger partial charge in [-0.1, -0.05) is 24.3 Å². The number of halogens is 2. The number of alkyl halides is 2. The average Bonchev–Trinajstić information content (AvgIpc) is 2.16. The molecular formula is C11H15F2N. The summed E-state index contributed by atoms with van der Waals surface area (Å²) in [5, 5.41) is 2.63. The number of hydrogen-bond acceptors (Lipinski definition) is 1. The average molecular weight is 199 g/mol. The Morgan fingerprint density at radius 3 is 2.43 bits per heavy atom. The molecule has 1 rings (SSSR count). The Labute approximate surface area is 83.1 Å². The van der Waals surface area contributed by atoms with Crippen molar-refractivity contribution < 1.29 is 8.78 Å². The Bertz CT molecular complexity index is 286. The van der Waals surface area contributed by atoms with E-state index in [1.165, 1.54) is 0 Å². The van der Waals surface area contributed by atoms with Crippen LogP contribution < -0.4 is 5.32 Å². The lowest BCUT2D eigenvalue weighted by atomic mass is 10.0. The highest BCUT2D eigenvalue weighted by atomic mass is 19.3. The molecule has 0 spiro atoms. The smallest absolute Gasteiger partial charge is 0.254 e. The van der Waals surface area contributed by atoms with Crippen LogP contribution in [-0.2, 0) is 6.42 Å². The summed E-state index contributed by atoms with van der Waals surface area (Å²) < 4.78 is 24.9. The second kappa shape index (κ2) is 5.05. The van der Waals surface area contributed by atoms with Crippen molar-refractivity contribution in [1.82, 2.24) is 5.32 Å². The van der Waals surface area contributed by atoms with Gasteiger partial charge in [0.15, 0.2) is 0 Å². The predicted octanol–water partition coefficient (Wildman–Crippen LogP) is 2.39. The molecule has 0 fully saturated rings. The molecule has 0 saturated heterocycles. The molecule has 78 valence electrons. The second-order valence-electron chi connectivity index (χ2n) is 3.36. The molecule has 3 heteroatoms. The molecule has 1 atom stereocenters. The maximum Gasteiger partial charge on any atom is 0.254 e. The minimum atomic E-state index is -2.32. The molecule has 0 radical (unpaired) electrons. The van der Waals surface area contributed by atoms with Crippen molar-refractivity contribution in [2.24, 2.45) is 0 Å². The van der Waals surface area contributed by atoms with Gasteiger partial charge < -0.3 is 5.32 Å². The summed E-state index contributed by atoms with van der Waals surface area (Å²) in [7, 11) is 1.56. The molecule has 0 saturated carbocycles. The van der Waals surface area contributed by atoms with E-state index in [0.29, 0.717) is 6.42 Å². The van der Waals surface area contributed by atoms with Gasteiger partial charge >= 0.3 is 0 Å². The molecule has 0 aliphatic rings. The van der Waals surface area contributed by atoms with Crippen LogP contribution in [0.1, 0.15) is 11.1 Å². The van der Waals surface area contributed by atoms with Gasteiger partial charge in [-0.2, -0.15) is 0 Å². The number of hydrogen-bond donors (Lipinski definition) is 1. The first-order chi connectivity index (χ1) is 6.65. The first-order valence-corrected chi connectivity index (χ1v) is 4.65. The zero-order chi connectivity index (χ0) is 10.6. The second-order valence-corrected chi connectivity index (χ2v) is 3.36. The van der Waals surface area contributed by atoms with Crippen LogP contribution >= 0.6 is 0 Å². The summed E-state index contributed by atoms with van der Waals surface area (Å²) in [6.45, 7) is 1.94. The fourth-order valence-corrected chi connectivity index (χ4v) is 1.39. The third-order valence-electron chi connectivity index (χ3n) is 2.38. The molecule has 14 heavy (non-hydrogen) atoms. The summed E-state index contributed by atoms with van der Waals surface area (Å²) in [6, 6.07) is 6.86. The van der Waals surface area contributed by atoms with Crippen molar-refractivity contribution in [3.05, 3.63) is 35.4 Å². The SMILES string of the molecule is CNC(Cc1ccccc1C)C(F)F. The van der Waals surface area contributed by atoms with Gasteiger partial charge in [0, 0.05) is 0 Å². The van der Waals surface area contributed by atoms with Gasteiger partial charge in [0.2, 0.25) is 0 Å². The first kappa shape index (κ1) is 11.1. The normalized spacial score (nSPS) is 13.2. The third-order valence-corrected chi connectivity index (χ3v) is 2.38. The molecule has 0 amide bonds. The highest BCUT2D eigenvalue weighted by molar-refractivity contribution is 5.26. The fourth-order valence-electron chi connectivity index (χ4n) is 1.39. The van der Waals surface area contributed by atoms with E-state index in [1.807, 2.05) is 31.2 Å². The molecule has 1 aromatic carbocycles. The van der Waals surface area contributed by atoms with Gasteiger partial charge in [-0.05, 0) is 31.5 Å². The summed E-state index contributed by atoms with van der Waals surface area (Å²) in [5.41, 5.74) is 2.04. The van der Waals surface area contributed by atoms with E-state index in [9.17, 15) is 8.78 Å². The summed E-state index contributed by atoms with van der Waals surface area (Å²) >= 11 is 0. The highest BCUT2D eigenvalue weighted by Gasteiger charge is 2.18. The van der Waals surface area contributed by atoms with Crippen LogP contribution in [-0.4, -0.2) is 19.5 Å². The van der Waals surface area contributed by atoms with Crippen molar-refractivity contribution >= 4 is 0 Å². The molecular weight excluding hydrogens is 184 g/mol. The Hall–Kier alpha value is -0.960. The molecule has 0 heterocycles. The zero-order valence-electron chi connectivity index (χ0n) is 8.43. The predicted molar refractivity (Wildman–Crippen MR) is 53.7 cm³/mol. The lowest BCUT2D eigenvalue weighted by Crippen LogP contribution is -2.34. The topological polar surface area (TPSA) is 12.0 Å². The molecule has 0 aromatic heterocycles. The van der Waals surface area contributed by atoms with E-state index >= 15 is 0 Å². The van der Waals surface area contributed by atoms with Crippen molar-refractivity contribution in [3.63, 3.8) is 0 Å². The Morgan fingerprint density at radius 1 is 1.29 bits per heavy atom. The molecule has 1 N–H and O–H groups in total. The molecule has 1 unspecified atom stereocenters. The van der Waals surface area contributed by atoms with Gasteiger partial charge in [0.05, 0.1) is 6.04 Å². The zero-order valence-corrected chi connectivity index (χ0v) is 8.43. The summed E-state index contributed by atoms with van der Waals surface area (Å²) in [6.07, 6.45) is -1.94. The van der Waals surface area contributed by atoms with Crippen LogP contribution in [0.25, 0.3) is 0 Å². The van der Waals surface area contributed by atoms with Crippen LogP contribution in [0.15, 0.2) is 24.3 Å². The number of likely N-dealkylation sites (N-methyl/N-ethyl adjacent to an activating group) is 1. The van der Waals surface area contributed by atoms with E-state index in [4.69, 9.17) is 0 Å². The van der Waals surface area contributed by atoms with Crippen molar-refractivity contribution in [3.8, 4) is 0 Å². The Morgan fingerprint density at radius 2 is 1.93 bits per heavy atom. The molecule has 1 nitrogen and oxygen atoms in total. The minimum Gasteiger partial charge on any atom is -0.312 e. The fraction of sp³-hybridized carbons (Fsp3) is 0.455. The van der Waals surface area contributed by atoms with Gasteiger partial charge in [-0.3, -0.25) is 0 Å². The summed E-state index contributed by atoms with van der Waals surface area (Å²) in [4.78, 5) is 0. The van der Waals surface area contributed by atoms with E-state index in [2.05, 4.69) is 5.32 Å². The molecule has 1 aromatic rings. The quantitative estimate of drug-likeness (QED) is 0.785. The standard InChI is InChI=1S/C11H15F2N/c1-8-5-3-4-6-9(8)7-10(14-2)11(12)13/h3-6,10-11,14H,7H2,1-2H3. The van der Waals surface area contributed by atoms with Crippen LogP contribution in [0.2, 0.25) is 0 Å². The van der Waals surface area contributed by atoms with Crippen molar-refractivity contribution in [2.45, 2.75) is 25.8 Å². The number of nitrogens with one attached hydrogen (secondary N) is 1. The third kappa shape index (κ3) is 2.77. The van der Waals surface area contributed by atoms with E-state index in [0.717, 1.165) is 11.1 Å². The van der Waals surface area contributed by atoms with Crippen LogP contribution in [0.3, 0.4) is 0 Å². The van der Waals surface area contributed by atoms with Gasteiger partial charge in [-0.25, -0.2) is 8.78 Å². The van der Waals surface area contributed by atoms with E-state index in [1.54, 1.807) is 7.05 Å². The maximum atomic E-state index is 12.5. The van der Waals surface area contributed by atoms with Crippen molar-refractivity contribution in [2.75, 3.05) is 7.05 Å². The molecule has 0 aliphatic carbocycles. The van der Waals surface area contributed by atoms with Gasteiger partial charge in [0.25, 0.3) is 6.43 Å². The van der Waals surface area contributed by atoms with Crippen LogP contribution in [0.5, 0.6) is 0 Å². The Kier molecular flexibility index (Phi) is 4.01. The maximum absolute atomic E-state index is 12.5. The van der Waals surface area contributed by atoms with Crippen LogP contribution in [0.4, 0.5) is 8.78 Å². The van der Waals surface area contributed by atoms with Gasteiger partial charge in [-0.15, -0.1) is 0 Å². The minimum absolute atomic E-state index is 0.376.